The molecule has 1 rings (SSSR count). The van der Waals surface area contributed by atoms with Gasteiger partial charge in [0.1, 0.15) is 0 Å². The van der Waals surface area contributed by atoms with E-state index in [1.165, 1.54) is 0 Å². The third-order valence-electron chi connectivity index (χ3n) is 2.00. The lowest BCUT2D eigenvalue weighted by atomic mass is 9.76. The van der Waals surface area contributed by atoms with Crippen molar-refractivity contribution in [3.05, 3.63) is 29.8 Å². The summed E-state index contributed by atoms with van der Waals surface area (Å²) in [5.41, 5.74) is 0.746. The molecule has 0 aliphatic carbocycles. The van der Waals surface area contributed by atoms with Gasteiger partial charge in [-0.05, 0) is 16.9 Å². The SMILES string of the molecule is CC(C)(C)COB([O-])c1ccccc1C#N. The molecule has 0 aliphatic rings. The quantitative estimate of drug-likeness (QED) is 0.698. The molecule has 0 saturated heterocycles. The van der Waals surface area contributed by atoms with E-state index in [0.29, 0.717) is 17.6 Å². The topological polar surface area (TPSA) is 56.1 Å². The maximum Gasteiger partial charge on any atom is 0.219 e. The molecule has 0 spiro atoms. The molecule has 0 aliphatic heterocycles. The van der Waals surface area contributed by atoms with Gasteiger partial charge in [0, 0.05) is 12.2 Å². The van der Waals surface area contributed by atoms with Crippen LogP contribution in [-0.4, -0.2) is 13.7 Å². The van der Waals surface area contributed by atoms with Crippen LogP contribution in [0.25, 0.3) is 0 Å². The van der Waals surface area contributed by atoms with E-state index in [-0.39, 0.29) is 5.41 Å². The van der Waals surface area contributed by atoms with Crippen molar-refractivity contribution in [1.29, 1.82) is 5.26 Å². The van der Waals surface area contributed by atoms with E-state index in [9.17, 15) is 5.02 Å². The molecule has 3 nitrogen and oxygen atoms in total. The minimum Gasteiger partial charge on any atom is -0.853 e. The fourth-order valence-corrected chi connectivity index (χ4v) is 1.22. The van der Waals surface area contributed by atoms with Gasteiger partial charge < -0.3 is 9.68 Å². The predicted molar refractivity (Wildman–Crippen MR) is 62.0 cm³/mol. The highest BCUT2D eigenvalue weighted by molar-refractivity contribution is 6.59. The molecule has 0 bridgehead atoms. The first kappa shape index (κ1) is 12.8. The highest BCUT2D eigenvalue weighted by Crippen LogP contribution is 2.12. The van der Waals surface area contributed by atoms with Crippen LogP contribution in [0, 0.1) is 16.7 Å². The molecule has 0 unspecified atom stereocenters. The Bertz CT molecular complexity index is 393. The van der Waals surface area contributed by atoms with Crippen LogP contribution in [0.2, 0.25) is 0 Å². The fourth-order valence-electron chi connectivity index (χ4n) is 1.22. The van der Waals surface area contributed by atoms with Crippen LogP contribution in [0.15, 0.2) is 24.3 Å². The van der Waals surface area contributed by atoms with E-state index in [2.05, 4.69) is 0 Å². The first-order valence-electron chi connectivity index (χ1n) is 5.20. The molecule has 16 heavy (non-hydrogen) atoms. The molecular formula is C12H15BNO2-. The zero-order valence-electron chi connectivity index (χ0n) is 9.86. The third kappa shape index (κ3) is 3.69. The Kier molecular flexibility index (Phi) is 4.11. The molecular weight excluding hydrogens is 201 g/mol. The van der Waals surface area contributed by atoms with Crippen LogP contribution in [0.4, 0.5) is 0 Å². The van der Waals surface area contributed by atoms with Crippen molar-refractivity contribution < 1.29 is 9.68 Å². The molecule has 0 fully saturated rings. The lowest BCUT2D eigenvalue weighted by Crippen LogP contribution is -2.48. The van der Waals surface area contributed by atoms with Gasteiger partial charge in [-0.15, -0.1) is 0 Å². The summed E-state index contributed by atoms with van der Waals surface area (Å²) in [6, 6.07) is 8.73. The number of benzene rings is 1. The van der Waals surface area contributed by atoms with Gasteiger partial charge in [-0.2, -0.15) is 5.26 Å². The predicted octanol–water partition coefficient (Wildman–Crippen LogP) is 0.676. The lowest BCUT2D eigenvalue weighted by molar-refractivity contribution is -0.218. The van der Waals surface area contributed by atoms with Gasteiger partial charge in [0.15, 0.2) is 0 Å². The molecule has 1 aromatic rings. The Labute approximate surface area is 96.8 Å². The molecule has 1 aromatic carbocycles. The maximum absolute atomic E-state index is 11.8. The second kappa shape index (κ2) is 5.15. The fraction of sp³-hybridized carbons (Fsp3) is 0.417. The Morgan fingerprint density at radius 3 is 2.56 bits per heavy atom. The van der Waals surface area contributed by atoms with Gasteiger partial charge in [0.25, 0.3) is 0 Å². The largest absolute Gasteiger partial charge is 0.853 e. The van der Waals surface area contributed by atoms with E-state index in [0.717, 1.165) is 0 Å². The van der Waals surface area contributed by atoms with Gasteiger partial charge in [-0.1, -0.05) is 39.0 Å². The first-order valence-corrected chi connectivity index (χ1v) is 5.20. The Morgan fingerprint density at radius 2 is 2.00 bits per heavy atom. The molecule has 0 heterocycles. The summed E-state index contributed by atoms with van der Waals surface area (Å²) >= 11 is 0. The number of nitriles is 1. The van der Waals surface area contributed by atoms with E-state index in [1.54, 1.807) is 24.3 Å². The average molecular weight is 216 g/mol. The van der Waals surface area contributed by atoms with Crippen molar-refractivity contribution in [2.24, 2.45) is 5.41 Å². The summed E-state index contributed by atoms with van der Waals surface area (Å²) in [5, 5.41) is 20.6. The second-order valence-electron chi connectivity index (χ2n) is 4.90. The number of hydrogen-bond acceptors (Lipinski definition) is 3. The lowest BCUT2D eigenvalue weighted by Gasteiger charge is -2.26. The highest BCUT2D eigenvalue weighted by Gasteiger charge is 2.14. The minimum atomic E-state index is -1.28. The van der Waals surface area contributed by atoms with Crippen LogP contribution in [0.3, 0.4) is 0 Å². The maximum atomic E-state index is 11.8. The van der Waals surface area contributed by atoms with Crippen molar-refractivity contribution in [3.8, 4) is 6.07 Å². The van der Waals surface area contributed by atoms with Crippen LogP contribution in [0.5, 0.6) is 0 Å². The van der Waals surface area contributed by atoms with E-state index in [1.807, 2.05) is 26.8 Å². The number of hydrogen-bond donors (Lipinski definition) is 0. The van der Waals surface area contributed by atoms with Gasteiger partial charge in [-0.25, -0.2) is 0 Å². The summed E-state index contributed by atoms with van der Waals surface area (Å²) in [7, 11) is -1.28. The Morgan fingerprint density at radius 1 is 1.38 bits per heavy atom. The summed E-state index contributed by atoms with van der Waals surface area (Å²) in [6.45, 7) is 6.36. The molecule has 4 heteroatoms. The van der Waals surface area contributed by atoms with Crippen molar-refractivity contribution in [2.45, 2.75) is 20.8 Å². The summed E-state index contributed by atoms with van der Waals surface area (Å²) < 4.78 is 5.23. The highest BCUT2D eigenvalue weighted by atomic mass is 16.5. The third-order valence-corrected chi connectivity index (χ3v) is 2.00. The Balaban J connectivity index is 2.74. The van der Waals surface area contributed by atoms with Gasteiger partial charge in [0.05, 0.1) is 6.07 Å². The zero-order chi connectivity index (χ0) is 12.2. The normalized spacial score (nSPS) is 10.9. The summed E-state index contributed by atoms with van der Waals surface area (Å²) in [4.78, 5) is 0. The van der Waals surface area contributed by atoms with Crippen molar-refractivity contribution in [1.82, 2.24) is 0 Å². The second-order valence-corrected chi connectivity index (χ2v) is 4.90. The molecule has 84 valence electrons. The van der Waals surface area contributed by atoms with Gasteiger partial charge >= 0.3 is 0 Å². The molecule has 0 saturated carbocycles. The van der Waals surface area contributed by atoms with Crippen LogP contribution < -0.4 is 10.5 Å². The molecule has 0 N–H and O–H groups in total. The van der Waals surface area contributed by atoms with E-state index < -0.39 is 7.12 Å². The smallest absolute Gasteiger partial charge is 0.219 e. The van der Waals surface area contributed by atoms with E-state index >= 15 is 0 Å². The molecule has 0 amide bonds. The van der Waals surface area contributed by atoms with Crippen molar-refractivity contribution >= 4 is 12.6 Å². The van der Waals surface area contributed by atoms with Crippen LogP contribution >= 0.6 is 0 Å². The van der Waals surface area contributed by atoms with Crippen LogP contribution in [-0.2, 0) is 4.65 Å². The zero-order valence-corrected chi connectivity index (χ0v) is 9.86. The number of nitrogens with zero attached hydrogens (tertiary/aromatic N) is 1. The van der Waals surface area contributed by atoms with Gasteiger partial charge in [0.2, 0.25) is 7.12 Å². The van der Waals surface area contributed by atoms with Crippen molar-refractivity contribution in [2.75, 3.05) is 6.61 Å². The summed E-state index contributed by atoms with van der Waals surface area (Å²) in [6.07, 6.45) is 0. The summed E-state index contributed by atoms with van der Waals surface area (Å²) in [5.74, 6) is 0. The van der Waals surface area contributed by atoms with Gasteiger partial charge in [-0.3, -0.25) is 0 Å². The number of rotatable bonds is 3. The Hall–Kier alpha value is -1.31. The van der Waals surface area contributed by atoms with Crippen molar-refractivity contribution in [3.63, 3.8) is 0 Å². The monoisotopic (exact) mass is 216 g/mol. The molecule has 0 atom stereocenters. The minimum absolute atomic E-state index is 0.0513. The van der Waals surface area contributed by atoms with E-state index in [4.69, 9.17) is 9.92 Å². The first-order chi connectivity index (χ1) is 7.44. The molecule has 0 aromatic heterocycles. The van der Waals surface area contributed by atoms with Crippen LogP contribution in [0.1, 0.15) is 26.3 Å². The molecule has 0 radical (unpaired) electrons. The average Bonchev–Trinajstić information content (AvgIpc) is 2.25. The standard InChI is InChI=1S/C12H15BNO2/c1-12(2,3)9-16-13(15)11-7-5-4-6-10(11)8-14/h4-7H,9H2,1-3H3/q-1.